The maximum absolute atomic E-state index is 9.50. The molecule has 20 heavy (non-hydrogen) atoms. The van der Waals surface area contributed by atoms with Gasteiger partial charge in [-0.05, 0) is 30.0 Å². The normalized spacial score (nSPS) is 12.3. The smallest absolute Gasteiger partial charge is 0.0717 e. The van der Waals surface area contributed by atoms with Crippen LogP contribution in [-0.4, -0.2) is 18.3 Å². The molecule has 1 atom stereocenters. The summed E-state index contributed by atoms with van der Waals surface area (Å²) in [5.74, 6) is 0.153. The number of rotatable bonds is 7. The number of ether oxygens (including phenoxy) is 1. The highest BCUT2D eigenvalue weighted by Crippen LogP contribution is 2.14. The van der Waals surface area contributed by atoms with Crippen LogP contribution in [0.2, 0.25) is 0 Å². The van der Waals surface area contributed by atoms with Crippen LogP contribution in [0.5, 0.6) is 0 Å². The third kappa shape index (κ3) is 4.48. The third-order valence-electron chi connectivity index (χ3n) is 3.49. The first-order chi connectivity index (χ1) is 9.79. The number of aliphatic hydroxyl groups excluding tert-OH is 1. The van der Waals surface area contributed by atoms with E-state index in [4.69, 9.17) is 4.74 Å². The summed E-state index contributed by atoms with van der Waals surface area (Å²) in [5, 5.41) is 9.50. The van der Waals surface area contributed by atoms with E-state index in [1.807, 2.05) is 30.3 Å². The van der Waals surface area contributed by atoms with Gasteiger partial charge in [-0.3, -0.25) is 0 Å². The topological polar surface area (TPSA) is 29.5 Å². The molecular weight excluding hydrogens is 248 g/mol. The highest BCUT2D eigenvalue weighted by atomic mass is 16.5. The first-order valence-corrected chi connectivity index (χ1v) is 7.06. The van der Waals surface area contributed by atoms with E-state index in [-0.39, 0.29) is 12.5 Å². The van der Waals surface area contributed by atoms with Gasteiger partial charge in [-0.2, -0.15) is 0 Å². The minimum Gasteiger partial charge on any atom is -0.396 e. The molecule has 0 saturated heterocycles. The lowest BCUT2D eigenvalue weighted by molar-refractivity contribution is 0.0629. The van der Waals surface area contributed by atoms with Gasteiger partial charge < -0.3 is 9.84 Å². The monoisotopic (exact) mass is 270 g/mol. The summed E-state index contributed by atoms with van der Waals surface area (Å²) in [5.41, 5.74) is 3.73. The second-order valence-electron chi connectivity index (χ2n) is 5.18. The van der Waals surface area contributed by atoms with Crippen LogP contribution in [0.15, 0.2) is 54.6 Å². The van der Waals surface area contributed by atoms with Crippen LogP contribution in [-0.2, 0) is 17.8 Å². The second kappa shape index (κ2) is 7.83. The predicted octanol–water partition coefficient (Wildman–Crippen LogP) is 3.36. The van der Waals surface area contributed by atoms with Gasteiger partial charge in [0.2, 0.25) is 0 Å². The van der Waals surface area contributed by atoms with E-state index in [0.29, 0.717) is 13.2 Å². The van der Waals surface area contributed by atoms with Crippen molar-refractivity contribution in [3.63, 3.8) is 0 Å². The molecular formula is C18H22O2. The Kier molecular flexibility index (Phi) is 5.78. The Balaban J connectivity index is 1.82. The fourth-order valence-corrected chi connectivity index (χ4v) is 2.24. The molecule has 106 valence electrons. The molecule has 2 nitrogen and oxygen atoms in total. The van der Waals surface area contributed by atoms with Gasteiger partial charge in [0.1, 0.15) is 0 Å². The van der Waals surface area contributed by atoms with E-state index in [9.17, 15) is 5.11 Å². The van der Waals surface area contributed by atoms with Gasteiger partial charge in [-0.15, -0.1) is 0 Å². The Morgan fingerprint density at radius 1 is 1.00 bits per heavy atom. The first-order valence-electron chi connectivity index (χ1n) is 7.06. The summed E-state index contributed by atoms with van der Waals surface area (Å²) < 4.78 is 5.72. The Labute approximate surface area is 121 Å². The average Bonchev–Trinajstić information content (AvgIpc) is 2.49. The average molecular weight is 270 g/mol. The van der Waals surface area contributed by atoms with Gasteiger partial charge in [-0.25, -0.2) is 0 Å². The number of hydrogen-bond donors (Lipinski definition) is 1. The number of benzene rings is 2. The zero-order valence-electron chi connectivity index (χ0n) is 12.0. The summed E-state index contributed by atoms with van der Waals surface area (Å²) >= 11 is 0. The Bertz CT molecular complexity index is 508. The van der Waals surface area contributed by atoms with E-state index in [2.05, 4.69) is 31.2 Å². The van der Waals surface area contributed by atoms with Gasteiger partial charge >= 0.3 is 0 Å². The summed E-state index contributed by atoms with van der Waals surface area (Å²) in [6.45, 7) is 3.45. The molecule has 0 radical (unpaired) electrons. The molecule has 1 unspecified atom stereocenters. The lowest BCUT2D eigenvalue weighted by atomic mass is 9.97. The van der Waals surface area contributed by atoms with Crippen molar-refractivity contribution in [1.29, 1.82) is 0 Å². The molecule has 0 fully saturated rings. The molecule has 1 N–H and O–H groups in total. The molecule has 0 spiro atoms. The molecule has 2 heteroatoms. The Hall–Kier alpha value is -1.64. The van der Waals surface area contributed by atoms with Crippen molar-refractivity contribution in [2.24, 2.45) is 5.92 Å². The zero-order chi connectivity index (χ0) is 14.2. The van der Waals surface area contributed by atoms with E-state index in [1.165, 1.54) is 16.7 Å². The van der Waals surface area contributed by atoms with E-state index in [0.717, 1.165) is 6.42 Å². The zero-order valence-corrected chi connectivity index (χ0v) is 12.0. The van der Waals surface area contributed by atoms with E-state index >= 15 is 0 Å². The fraction of sp³-hybridized carbons (Fsp3) is 0.333. The van der Waals surface area contributed by atoms with Crippen LogP contribution < -0.4 is 0 Å². The molecule has 2 aromatic rings. The van der Waals surface area contributed by atoms with Crippen molar-refractivity contribution in [1.82, 2.24) is 0 Å². The minimum atomic E-state index is 0.153. The van der Waals surface area contributed by atoms with Gasteiger partial charge in [0.25, 0.3) is 0 Å². The van der Waals surface area contributed by atoms with Crippen molar-refractivity contribution >= 4 is 0 Å². The van der Waals surface area contributed by atoms with Crippen molar-refractivity contribution in [2.75, 3.05) is 13.2 Å². The van der Waals surface area contributed by atoms with Crippen molar-refractivity contribution < 1.29 is 9.84 Å². The molecule has 0 aliphatic rings. The fourth-order valence-electron chi connectivity index (χ4n) is 2.24. The lowest BCUT2D eigenvalue weighted by Crippen LogP contribution is -2.17. The molecule has 0 saturated carbocycles. The minimum absolute atomic E-state index is 0.153. The highest BCUT2D eigenvalue weighted by molar-refractivity contribution is 5.25. The summed E-state index contributed by atoms with van der Waals surface area (Å²) in [4.78, 5) is 0. The second-order valence-corrected chi connectivity index (χ2v) is 5.18. The molecule has 0 heterocycles. The molecule has 0 aromatic heterocycles. The van der Waals surface area contributed by atoms with Crippen molar-refractivity contribution in [3.05, 3.63) is 71.3 Å². The third-order valence-corrected chi connectivity index (χ3v) is 3.49. The quantitative estimate of drug-likeness (QED) is 0.836. The number of aliphatic hydroxyl groups is 1. The maximum Gasteiger partial charge on any atom is 0.0717 e. The summed E-state index contributed by atoms with van der Waals surface area (Å²) in [6.07, 6.45) is 0.859. The first kappa shape index (κ1) is 14.8. The van der Waals surface area contributed by atoms with Crippen molar-refractivity contribution in [3.8, 4) is 0 Å². The largest absolute Gasteiger partial charge is 0.396 e. The van der Waals surface area contributed by atoms with Gasteiger partial charge in [0, 0.05) is 12.5 Å². The summed E-state index contributed by atoms with van der Waals surface area (Å²) in [7, 11) is 0. The van der Waals surface area contributed by atoms with Crippen LogP contribution >= 0.6 is 0 Å². The standard InChI is InChI=1S/C18H22O2/c1-15-7-5-6-10-18(15)11-17(12-19)14-20-13-16-8-3-2-4-9-16/h2-10,17,19H,11-14H2,1H3. The van der Waals surface area contributed by atoms with Crippen molar-refractivity contribution in [2.45, 2.75) is 20.0 Å². The van der Waals surface area contributed by atoms with Crippen LogP contribution in [0.25, 0.3) is 0 Å². The molecule has 0 aliphatic carbocycles. The molecule has 2 aromatic carbocycles. The number of aryl methyl sites for hydroxylation is 1. The molecule has 0 amide bonds. The van der Waals surface area contributed by atoms with Gasteiger partial charge in [0.05, 0.1) is 13.2 Å². The number of hydrogen-bond acceptors (Lipinski definition) is 2. The SMILES string of the molecule is Cc1ccccc1CC(CO)COCc1ccccc1. The van der Waals surface area contributed by atoms with Crippen LogP contribution in [0, 0.1) is 12.8 Å². The highest BCUT2D eigenvalue weighted by Gasteiger charge is 2.10. The molecule has 0 bridgehead atoms. The predicted molar refractivity (Wildman–Crippen MR) is 81.6 cm³/mol. The lowest BCUT2D eigenvalue weighted by Gasteiger charge is -2.16. The Morgan fingerprint density at radius 3 is 2.40 bits per heavy atom. The van der Waals surface area contributed by atoms with Gasteiger partial charge in [-0.1, -0.05) is 54.6 Å². The summed E-state index contributed by atoms with van der Waals surface area (Å²) in [6, 6.07) is 18.4. The van der Waals surface area contributed by atoms with Crippen LogP contribution in [0.4, 0.5) is 0 Å². The Morgan fingerprint density at radius 2 is 1.70 bits per heavy atom. The van der Waals surface area contributed by atoms with Crippen LogP contribution in [0.1, 0.15) is 16.7 Å². The molecule has 2 rings (SSSR count). The van der Waals surface area contributed by atoms with E-state index in [1.54, 1.807) is 0 Å². The molecule has 0 aliphatic heterocycles. The van der Waals surface area contributed by atoms with Crippen LogP contribution in [0.3, 0.4) is 0 Å². The van der Waals surface area contributed by atoms with E-state index < -0.39 is 0 Å². The maximum atomic E-state index is 9.50. The van der Waals surface area contributed by atoms with Gasteiger partial charge in [0.15, 0.2) is 0 Å².